The number of halogens is 1. The summed E-state index contributed by atoms with van der Waals surface area (Å²) in [6.07, 6.45) is 0. The summed E-state index contributed by atoms with van der Waals surface area (Å²) in [5.74, 6) is 1.09. The maximum absolute atomic E-state index is 5.92. The second-order valence-electron chi connectivity index (χ2n) is 4.96. The molecule has 6 heteroatoms. The third kappa shape index (κ3) is 2.53. The molecule has 1 aliphatic heterocycles. The first-order valence-electron chi connectivity index (χ1n) is 6.87. The van der Waals surface area contributed by atoms with Crippen LogP contribution in [0.1, 0.15) is 18.0 Å². The smallest absolute Gasteiger partial charge is 0.152 e. The lowest BCUT2D eigenvalue weighted by Gasteiger charge is -2.20. The number of nitrogens with zero attached hydrogens (tertiary/aromatic N) is 3. The van der Waals surface area contributed by atoms with Crippen LogP contribution in [-0.4, -0.2) is 13.3 Å². The van der Waals surface area contributed by atoms with E-state index in [-0.39, 0.29) is 5.25 Å². The second-order valence-corrected chi connectivity index (χ2v) is 7.92. The summed E-state index contributed by atoms with van der Waals surface area (Å²) >= 11 is 9.29. The van der Waals surface area contributed by atoms with Crippen molar-refractivity contribution in [3.63, 3.8) is 0 Å². The molecule has 110 valence electrons. The van der Waals surface area contributed by atoms with Gasteiger partial charge in [0.25, 0.3) is 0 Å². The summed E-state index contributed by atoms with van der Waals surface area (Å²) in [7, 11) is 0. The standard InChI is InChI=1S/C16H12ClN3S2/c1-10-15-19-13-4-2-3-5-14(13)20(15)22-16(21-10)18-12-8-6-11(17)7-9-12/h2-10H,1H3. The van der Waals surface area contributed by atoms with Crippen LogP contribution in [0.3, 0.4) is 0 Å². The van der Waals surface area contributed by atoms with Crippen LogP contribution in [0, 0.1) is 0 Å². The van der Waals surface area contributed by atoms with Crippen molar-refractivity contribution in [3.05, 3.63) is 59.4 Å². The molecule has 2 heterocycles. The van der Waals surface area contributed by atoms with Crippen molar-refractivity contribution < 1.29 is 0 Å². The predicted octanol–water partition coefficient (Wildman–Crippen LogP) is 5.68. The van der Waals surface area contributed by atoms with E-state index in [0.717, 1.165) is 31.9 Å². The molecule has 3 aromatic rings. The lowest BCUT2D eigenvalue weighted by Crippen LogP contribution is -2.09. The van der Waals surface area contributed by atoms with Crippen molar-refractivity contribution in [1.29, 1.82) is 0 Å². The Balaban J connectivity index is 1.76. The number of fused-ring (bicyclic) bond motifs is 3. The highest BCUT2D eigenvalue weighted by atomic mass is 35.5. The molecule has 0 bridgehead atoms. The van der Waals surface area contributed by atoms with Gasteiger partial charge in [0.1, 0.15) is 5.82 Å². The largest absolute Gasteiger partial charge is 0.262 e. The average Bonchev–Trinajstić information content (AvgIpc) is 2.89. The van der Waals surface area contributed by atoms with Crippen molar-refractivity contribution >= 4 is 56.4 Å². The Kier molecular flexibility index (Phi) is 3.64. The predicted molar refractivity (Wildman–Crippen MR) is 97.3 cm³/mol. The summed E-state index contributed by atoms with van der Waals surface area (Å²) in [6, 6.07) is 15.8. The van der Waals surface area contributed by atoms with Crippen molar-refractivity contribution in [2.24, 2.45) is 4.99 Å². The van der Waals surface area contributed by atoms with E-state index in [4.69, 9.17) is 21.6 Å². The van der Waals surface area contributed by atoms with Gasteiger partial charge < -0.3 is 0 Å². The number of aliphatic imine (C=N–C) groups is 1. The van der Waals surface area contributed by atoms with Gasteiger partial charge >= 0.3 is 0 Å². The van der Waals surface area contributed by atoms with E-state index in [1.54, 1.807) is 23.7 Å². The minimum Gasteiger partial charge on any atom is -0.262 e. The van der Waals surface area contributed by atoms with E-state index in [1.165, 1.54) is 0 Å². The van der Waals surface area contributed by atoms with Crippen LogP contribution in [-0.2, 0) is 0 Å². The molecule has 0 saturated heterocycles. The summed E-state index contributed by atoms with van der Waals surface area (Å²) in [6.45, 7) is 2.17. The van der Waals surface area contributed by atoms with E-state index in [9.17, 15) is 0 Å². The molecule has 0 aliphatic carbocycles. The van der Waals surface area contributed by atoms with E-state index in [1.807, 2.05) is 36.4 Å². The molecule has 4 rings (SSSR count). The summed E-state index contributed by atoms with van der Waals surface area (Å²) < 4.78 is 3.20. The monoisotopic (exact) mass is 345 g/mol. The molecule has 0 saturated carbocycles. The lowest BCUT2D eigenvalue weighted by atomic mass is 10.3. The molecule has 3 nitrogen and oxygen atoms in total. The second kappa shape index (κ2) is 5.65. The lowest BCUT2D eigenvalue weighted by molar-refractivity contribution is 0.951. The molecule has 0 amide bonds. The third-order valence-electron chi connectivity index (χ3n) is 3.40. The Morgan fingerprint density at radius 2 is 1.91 bits per heavy atom. The van der Waals surface area contributed by atoms with Crippen LogP contribution in [0.15, 0.2) is 53.5 Å². The number of aromatic nitrogens is 2. The molecular formula is C16H12ClN3S2. The first-order valence-corrected chi connectivity index (χ1v) is 8.90. The van der Waals surface area contributed by atoms with Gasteiger partial charge in [0.15, 0.2) is 4.38 Å². The number of hydrogen-bond donors (Lipinski definition) is 0. The molecule has 1 aromatic heterocycles. The fraction of sp³-hybridized carbons (Fsp3) is 0.125. The van der Waals surface area contributed by atoms with Crippen molar-refractivity contribution in [1.82, 2.24) is 8.96 Å². The Morgan fingerprint density at radius 3 is 2.73 bits per heavy atom. The number of imidazole rings is 1. The van der Waals surface area contributed by atoms with Gasteiger partial charge in [-0.3, -0.25) is 3.97 Å². The first kappa shape index (κ1) is 14.2. The fourth-order valence-corrected chi connectivity index (χ4v) is 4.94. The van der Waals surface area contributed by atoms with Gasteiger partial charge in [-0.05, 0) is 43.3 Å². The van der Waals surface area contributed by atoms with E-state index < -0.39 is 0 Å². The average molecular weight is 346 g/mol. The van der Waals surface area contributed by atoms with Crippen LogP contribution in [0.4, 0.5) is 5.69 Å². The fourth-order valence-electron chi connectivity index (χ4n) is 2.35. The summed E-state index contributed by atoms with van der Waals surface area (Å²) in [4.78, 5) is 9.47. The van der Waals surface area contributed by atoms with Gasteiger partial charge in [0.2, 0.25) is 0 Å². The molecule has 0 fully saturated rings. The molecule has 1 aliphatic rings. The van der Waals surface area contributed by atoms with Gasteiger partial charge in [-0.15, -0.1) is 0 Å². The van der Waals surface area contributed by atoms with Crippen LogP contribution in [0.5, 0.6) is 0 Å². The Morgan fingerprint density at radius 1 is 1.14 bits per heavy atom. The van der Waals surface area contributed by atoms with E-state index in [2.05, 4.69) is 23.0 Å². The normalized spacial score (nSPS) is 19.5. The number of rotatable bonds is 1. The van der Waals surface area contributed by atoms with E-state index in [0.29, 0.717) is 0 Å². The number of para-hydroxylation sites is 2. The van der Waals surface area contributed by atoms with Crippen molar-refractivity contribution in [2.75, 3.05) is 0 Å². The summed E-state index contributed by atoms with van der Waals surface area (Å²) in [5, 5.41) is 1.00. The highest BCUT2D eigenvalue weighted by molar-refractivity contribution is 8.38. The molecular weight excluding hydrogens is 334 g/mol. The number of thioether (sulfide) groups is 1. The first-order chi connectivity index (χ1) is 10.7. The highest BCUT2D eigenvalue weighted by Gasteiger charge is 2.26. The molecule has 22 heavy (non-hydrogen) atoms. The summed E-state index contributed by atoms with van der Waals surface area (Å²) in [5.41, 5.74) is 3.09. The van der Waals surface area contributed by atoms with Crippen LogP contribution >= 0.6 is 35.3 Å². The van der Waals surface area contributed by atoms with Gasteiger partial charge in [-0.2, -0.15) is 0 Å². The Labute approximate surface area is 141 Å². The third-order valence-corrected chi connectivity index (χ3v) is 5.84. The quantitative estimate of drug-likeness (QED) is 0.568. The topological polar surface area (TPSA) is 30.2 Å². The maximum atomic E-state index is 5.92. The molecule has 1 atom stereocenters. The SMILES string of the molecule is CC1SC(=Nc2ccc(Cl)cc2)Sn2c1nc1ccccc12. The van der Waals surface area contributed by atoms with E-state index >= 15 is 0 Å². The van der Waals surface area contributed by atoms with Gasteiger partial charge in [-0.25, -0.2) is 9.98 Å². The highest BCUT2D eigenvalue weighted by Crippen LogP contribution is 2.43. The minimum absolute atomic E-state index is 0.278. The van der Waals surface area contributed by atoms with Crippen LogP contribution in [0.2, 0.25) is 5.02 Å². The zero-order valence-electron chi connectivity index (χ0n) is 11.7. The zero-order valence-corrected chi connectivity index (χ0v) is 14.1. The molecule has 0 N–H and O–H groups in total. The minimum atomic E-state index is 0.278. The van der Waals surface area contributed by atoms with Gasteiger partial charge in [-0.1, -0.05) is 35.5 Å². The van der Waals surface area contributed by atoms with Crippen molar-refractivity contribution in [2.45, 2.75) is 12.2 Å². The number of hydrogen-bond acceptors (Lipinski definition) is 4. The Hall–Kier alpha value is -1.43. The zero-order chi connectivity index (χ0) is 15.1. The molecule has 0 spiro atoms. The molecule has 2 aromatic carbocycles. The molecule has 1 unspecified atom stereocenters. The Bertz CT molecular complexity index is 871. The number of benzene rings is 2. The van der Waals surface area contributed by atoms with Crippen molar-refractivity contribution in [3.8, 4) is 0 Å². The molecule has 0 radical (unpaired) electrons. The maximum Gasteiger partial charge on any atom is 0.152 e. The van der Waals surface area contributed by atoms with Gasteiger partial charge in [0, 0.05) is 17.0 Å². The van der Waals surface area contributed by atoms with Gasteiger partial charge in [0.05, 0.1) is 22.0 Å². The van der Waals surface area contributed by atoms with Crippen LogP contribution in [0.25, 0.3) is 11.0 Å². The van der Waals surface area contributed by atoms with Crippen LogP contribution < -0.4 is 0 Å².